The van der Waals surface area contributed by atoms with Crippen LogP contribution in [0.1, 0.15) is 35.3 Å². The van der Waals surface area contributed by atoms with Crippen LogP contribution in [0.4, 0.5) is 24.5 Å². The minimum Gasteiger partial charge on any atom is -0.478 e. The van der Waals surface area contributed by atoms with Gasteiger partial charge in [0, 0.05) is 20.4 Å². The molecule has 0 radical (unpaired) electrons. The molecule has 2 rings (SSSR count). The standard InChI is InChI=1S/C11H9I3N2O4.C8H8F3N/c1-3(17)15-9-6(12)5(11(19)20)7(13)10(8(9)14)16-4(2)18;9-8(10,11)7-3-1-2-6(4-7)5-12/h1-2H3,(H,15,17)(H,16,18)(H,19,20);1-4H,5,12H2. The van der Waals surface area contributed by atoms with Gasteiger partial charge in [-0.05, 0) is 79.4 Å². The highest BCUT2D eigenvalue weighted by molar-refractivity contribution is 14.1. The smallest absolute Gasteiger partial charge is 0.416 e. The molecule has 0 aliphatic carbocycles. The lowest BCUT2D eigenvalue weighted by atomic mass is 10.1. The van der Waals surface area contributed by atoms with E-state index in [9.17, 15) is 32.7 Å². The number of aromatic carboxylic acids is 1. The number of nitrogens with one attached hydrogen (secondary N) is 2. The maximum absolute atomic E-state index is 12.1. The zero-order valence-corrected chi connectivity index (χ0v) is 23.0. The van der Waals surface area contributed by atoms with E-state index in [1.54, 1.807) is 6.07 Å². The Labute approximate surface area is 222 Å². The number of carbonyl (C=O) groups excluding carboxylic acids is 2. The Hall–Kier alpha value is -1.21. The van der Waals surface area contributed by atoms with Crippen molar-refractivity contribution in [2.75, 3.05) is 10.6 Å². The van der Waals surface area contributed by atoms with Crippen molar-refractivity contribution >= 4 is 96.9 Å². The van der Waals surface area contributed by atoms with Crippen LogP contribution in [0.25, 0.3) is 0 Å². The van der Waals surface area contributed by atoms with Crippen LogP contribution in [0, 0.1) is 10.7 Å². The molecule has 2 amide bonds. The maximum Gasteiger partial charge on any atom is 0.416 e. The summed E-state index contributed by atoms with van der Waals surface area (Å²) in [6, 6.07) is 5.00. The zero-order chi connectivity index (χ0) is 24.8. The number of halogens is 6. The predicted octanol–water partition coefficient (Wildman–Crippen LogP) is 5.28. The van der Waals surface area contributed by atoms with E-state index >= 15 is 0 Å². The van der Waals surface area contributed by atoms with E-state index in [0.717, 1.165) is 12.1 Å². The molecule has 2 aromatic rings. The number of rotatable bonds is 4. The number of anilines is 2. The fourth-order valence-electron chi connectivity index (χ4n) is 2.30. The fourth-order valence-corrected chi connectivity index (χ4v) is 6.46. The molecule has 0 aromatic heterocycles. The molecule has 0 bridgehead atoms. The molecule has 2 aromatic carbocycles. The Kier molecular flexibility index (Phi) is 11.1. The molecular weight excluding hydrogens is 772 g/mol. The first-order valence-corrected chi connectivity index (χ1v) is 11.8. The topological polar surface area (TPSA) is 122 Å². The van der Waals surface area contributed by atoms with E-state index in [4.69, 9.17) is 5.73 Å². The molecule has 174 valence electrons. The first-order chi connectivity index (χ1) is 14.7. The summed E-state index contributed by atoms with van der Waals surface area (Å²) in [5, 5.41) is 14.5. The first-order valence-electron chi connectivity index (χ1n) is 8.55. The second-order valence-electron chi connectivity index (χ2n) is 6.14. The SMILES string of the molecule is CC(=O)Nc1c(I)c(NC(C)=O)c(I)c(C(=O)O)c1I.NCc1cccc(C(F)(F)F)c1. The van der Waals surface area contributed by atoms with Crippen molar-refractivity contribution in [3.63, 3.8) is 0 Å². The second-order valence-corrected chi connectivity index (χ2v) is 9.37. The lowest BCUT2D eigenvalue weighted by Gasteiger charge is -2.17. The number of hydrogen-bond donors (Lipinski definition) is 4. The summed E-state index contributed by atoms with van der Waals surface area (Å²) >= 11 is 5.71. The molecule has 0 unspecified atom stereocenters. The molecule has 32 heavy (non-hydrogen) atoms. The Morgan fingerprint density at radius 3 is 1.78 bits per heavy atom. The molecule has 0 heterocycles. The Bertz CT molecular complexity index is 1000. The van der Waals surface area contributed by atoms with Crippen molar-refractivity contribution in [2.24, 2.45) is 5.73 Å². The molecule has 7 nitrogen and oxygen atoms in total. The van der Waals surface area contributed by atoms with Gasteiger partial charge in [-0.3, -0.25) is 9.59 Å². The summed E-state index contributed by atoms with van der Waals surface area (Å²) in [4.78, 5) is 33.9. The lowest BCUT2D eigenvalue weighted by molar-refractivity contribution is -0.137. The van der Waals surface area contributed by atoms with Crippen LogP contribution < -0.4 is 16.4 Å². The number of carbonyl (C=O) groups is 3. The monoisotopic (exact) mass is 789 g/mol. The van der Waals surface area contributed by atoms with E-state index in [1.807, 2.05) is 67.8 Å². The highest BCUT2D eigenvalue weighted by Gasteiger charge is 2.30. The highest BCUT2D eigenvalue weighted by atomic mass is 127. The minimum atomic E-state index is -4.27. The number of benzene rings is 2. The molecule has 13 heteroatoms. The summed E-state index contributed by atoms with van der Waals surface area (Å²) in [5.41, 5.74) is 5.87. The second kappa shape index (κ2) is 12.3. The number of carboxylic acid groups (broad SMARTS) is 1. The van der Waals surface area contributed by atoms with Gasteiger partial charge in [-0.2, -0.15) is 13.2 Å². The minimum absolute atomic E-state index is 0.0547. The van der Waals surface area contributed by atoms with Crippen LogP contribution in [0.15, 0.2) is 24.3 Å². The fraction of sp³-hybridized carbons (Fsp3) is 0.211. The van der Waals surface area contributed by atoms with Crippen molar-refractivity contribution < 1.29 is 32.7 Å². The molecule has 5 N–H and O–H groups in total. The van der Waals surface area contributed by atoms with E-state index < -0.39 is 17.7 Å². The normalized spacial score (nSPS) is 10.7. The van der Waals surface area contributed by atoms with Crippen LogP contribution in [-0.2, 0) is 22.3 Å². The van der Waals surface area contributed by atoms with Gasteiger partial charge < -0.3 is 21.5 Å². The predicted molar refractivity (Wildman–Crippen MR) is 139 cm³/mol. The van der Waals surface area contributed by atoms with Crippen molar-refractivity contribution in [1.29, 1.82) is 0 Å². The highest BCUT2D eigenvalue weighted by Crippen LogP contribution is 2.38. The molecule has 0 saturated carbocycles. The van der Waals surface area contributed by atoms with E-state index in [-0.39, 0.29) is 23.9 Å². The molecule has 0 atom stereocenters. The molecule has 0 spiro atoms. The summed E-state index contributed by atoms with van der Waals surface area (Å²) in [7, 11) is 0. The van der Waals surface area contributed by atoms with Gasteiger partial charge in [-0.15, -0.1) is 0 Å². The molecular formula is C19H17F3I3N3O4. The third kappa shape index (κ3) is 7.98. The average molecular weight is 789 g/mol. The number of carboxylic acids is 1. The van der Waals surface area contributed by atoms with Crippen LogP contribution in [0.5, 0.6) is 0 Å². The van der Waals surface area contributed by atoms with Gasteiger partial charge in [0.1, 0.15) is 0 Å². The summed E-state index contributed by atoms with van der Waals surface area (Å²) in [6.45, 7) is 2.80. The third-order valence-corrected chi connectivity index (χ3v) is 6.86. The van der Waals surface area contributed by atoms with Crippen LogP contribution in [0.3, 0.4) is 0 Å². The largest absolute Gasteiger partial charge is 0.478 e. The van der Waals surface area contributed by atoms with Crippen LogP contribution in [-0.4, -0.2) is 22.9 Å². The molecule has 0 aliphatic rings. The maximum atomic E-state index is 12.1. The van der Waals surface area contributed by atoms with E-state index in [2.05, 4.69) is 10.6 Å². The van der Waals surface area contributed by atoms with Crippen LogP contribution in [0.2, 0.25) is 0 Å². The van der Waals surface area contributed by atoms with Crippen molar-refractivity contribution in [1.82, 2.24) is 0 Å². The first kappa shape index (κ1) is 28.8. The molecule has 0 saturated heterocycles. The van der Waals surface area contributed by atoms with Gasteiger partial charge in [0.2, 0.25) is 11.8 Å². The summed E-state index contributed by atoms with van der Waals surface area (Å²) < 4.78 is 37.6. The number of alkyl halides is 3. The number of hydrogen-bond acceptors (Lipinski definition) is 4. The van der Waals surface area contributed by atoms with Crippen molar-refractivity contribution in [3.05, 3.63) is 51.7 Å². The zero-order valence-electron chi connectivity index (χ0n) is 16.5. The van der Waals surface area contributed by atoms with E-state index in [0.29, 0.717) is 27.6 Å². The van der Waals surface area contributed by atoms with Gasteiger partial charge in [0.25, 0.3) is 0 Å². The van der Waals surface area contributed by atoms with Gasteiger partial charge in [0.05, 0.1) is 33.2 Å². The van der Waals surface area contributed by atoms with Gasteiger partial charge in [0.15, 0.2) is 0 Å². The summed E-state index contributed by atoms with van der Waals surface area (Å²) in [5.74, 6) is -1.74. The molecule has 0 aliphatic heterocycles. The van der Waals surface area contributed by atoms with Crippen LogP contribution >= 0.6 is 67.8 Å². The average Bonchev–Trinajstić information content (AvgIpc) is 2.68. The summed E-state index contributed by atoms with van der Waals surface area (Å²) in [6.07, 6.45) is -4.27. The van der Waals surface area contributed by atoms with Gasteiger partial charge >= 0.3 is 12.1 Å². The quantitative estimate of drug-likeness (QED) is 0.315. The number of nitrogens with two attached hydrogens (primary N) is 1. The Morgan fingerprint density at radius 1 is 0.969 bits per heavy atom. The Morgan fingerprint density at radius 2 is 1.44 bits per heavy atom. The van der Waals surface area contributed by atoms with Crippen molar-refractivity contribution in [2.45, 2.75) is 26.6 Å². The molecule has 0 fully saturated rings. The lowest BCUT2D eigenvalue weighted by Crippen LogP contribution is -2.17. The number of amides is 2. The van der Waals surface area contributed by atoms with Crippen molar-refractivity contribution in [3.8, 4) is 0 Å². The van der Waals surface area contributed by atoms with E-state index in [1.165, 1.54) is 19.9 Å². The van der Waals surface area contributed by atoms with Gasteiger partial charge in [-0.25, -0.2) is 4.79 Å². The van der Waals surface area contributed by atoms with Gasteiger partial charge in [-0.1, -0.05) is 18.2 Å². The third-order valence-electron chi connectivity index (χ3n) is 3.62. The Balaban J connectivity index is 0.000000363.